The molecule has 0 saturated heterocycles. The SMILES string of the molecule is CCc1ccc(/C(C)=N\NC(=O)CNC(=O)/C=C/c2ccco2)cc1. The van der Waals surface area contributed by atoms with Crippen molar-refractivity contribution in [1.82, 2.24) is 10.7 Å². The number of furan rings is 1. The summed E-state index contributed by atoms with van der Waals surface area (Å²) in [5.41, 5.74) is 5.30. The minimum Gasteiger partial charge on any atom is -0.465 e. The number of aryl methyl sites for hydroxylation is 1. The summed E-state index contributed by atoms with van der Waals surface area (Å²) in [7, 11) is 0. The molecule has 0 aliphatic rings. The fraction of sp³-hybridized carbons (Fsp3) is 0.211. The van der Waals surface area contributed by atoms with E-state index in [1.165, 1.54) is 24.0 Å². The maximum Gasteiger partial charge on any atom is 0.259 e. The van der Waals surface area contributed by atoms with Crippen LogP contribution in [0.1, 0.15) is 30.7 Å². The number of nitrogens with one attached hydrogen (secondary N) is 2. The van der Waals surface area contributed by atoms with Crippen molar-refractivity contribution in [2.24, 2.45) is 5.10 Å². The number of amides is 2. The number of hydrazone groups is 1. The van der Waals surface area contributed by atoms with E-state index >= 15 is 0 Å². The van der Waals surface area contributed by atoms with Crippen molar-refractivity contribution in [3.8, 4) is 0 Å². The summed E-state index contributed by atoms with van der Waals surface area (Å²) < 4.78 is 5.07. The Hall–Kier alpha value is -3.15. The van der Waals surface area contributed by atoms with Crippen LogP contribution in [0.25, 0.3) is 6.08 Å². The van der Waals surface area contributed by atoms with Gasteiger partial charge in [0.25, 0.3) is 5.91 Å². The average Bonchev–Trinajstić information content (AvgIpc) is 3.16. The van der Waals surface area contributed by atoms with Gasteiger partial charge in [0.1, 0.15) is 5.76 Å². The van der Waals surface area contributed by atoms with E-state index in [1.807, 2.05) is 31.2 Å². The van der Waals surface area contributed by atoms with Gasteiger partial charge in [0, 0.05) is 6.08 Å². The fourth-order valence-corrected chi connectivity index (χ4v) is 2.00. The van der Waals surface area contributed by atoms with Gasteiger partial charge in [-0.2, -0.15) is 5.10 Å². The highest BCUT2D eigenvalue weighted by Gasteiger charge is 2.03. The summed E-state index contributed by atoms with van der Waals surface area (Å²) in [5.74, 6) is -0.222. The number of rotatable bonds is 7. The molecule has 0 atom stereocenters. The van der Waals surface area contributed by atoms with Gasteiger partial charge in [0.2, 0.25) is 5.91 Å². The molecule has 1 aromatic heterocycles. The standard InChI is InChI=1S/C19H21N3O3/c1-3-15-6-8-16(9-7-15)14(2)21-22-19(24)13-20-18(23)11-10-17-5-4-12-25-17/h4-12H,3,13H2,1-2H3,(H,20,23)(H,22,24)/b11-10+,21-14-. The average molecular weight is 339 g/mol. The van der Waals surface area contributed by atoms with E-state index in [0.717, 1.165) is 12.0 Å². The van der Waals surface area contributed by atoms with E-state index < -0.39 is 5.91 Å². The molecule has 0 spiro atoms. The number of hydrogen-bond acceptors (Lipinski definition) is 4. The first-order chi connectivity index (χ1) is 12.1. The highest BCUT2D eigenvalue weighted by Crippen LogP contribution is 2.06. The first-order valence-corrected chi connectivity index (χ1v) is 8.00. The van der Waals surface area contributed by atoms with E-state index in [2.05, 4.69) is 22.8 Å². The number of benzene rings is 1. The molecule has 2 rings (SSSR count). The van der Waals surface area contributed by atoms with Gasteiger partial charge in [-0.25, -0.2) is 5.43 Å². The Labute approximate surface area is 146 Å². The molecule has 0 aliphatic heterocycles. The lowest BCUT2D eigenvalue weighted by Gasteiger charge is -2.04. The van der Waals surface area contributed by atoms with E-state index in [0.29, 0.717) is 11.5 Å². The number of carbonyl (C=O) groups excluding carboxylic acids is 2. The summed E-state index contributed by atoms with van der Waals surface area (Å²) in [6.07, 6.45) is 5.31. The number of carbonyl (C=O) groups is 2. The predicted octanol–water partition coefficient (Wildman–Crippen LogP) is 2.51. The van der Waals surface area contributed by atoms with Crippen molar-refractivity contribution in [3.63, 3.8) is 0 Å². The molecule has 0 unspecified atom stereocenters. The molecule has 1 aromatic carbocycles. The van der Waals surface area contributed by atoms with Gasteiger partial charge in [-0.15, -0.1) is 0 Å². The first kappa shape index (κ1) is 18.2. The predicted molar refractivity (Wildman–Crippen MR) is 96.9 cm³/mol. The Morgan fingerprint density at radius 3 is 2.60 bits per heavy atom. The van der Waals surface area contributed by atoms with E-state index in [9.17, 15) is 9.59 Å². The summed E-state index contributed by atoms with van der Waals surface area (Å²) in [6, 6.07) is 11.4. The molecular formula is C19H21N3O3. The van der Waals surface area contributed by atoms with Crippen molar-refractivity contribution < 1.29 is 14.0 Å². The zero-order valence-corrected chi connectivity index (χ0v) is 14.3. The first-order valence-electron chi connectivity index (χ1n) is 8.00. The van der Waals surface area contributed by atoms with Crippen LogP contribution in [0.15, 0.2) is 58.3 Å². The van der Waals surface area contributed by atoms with Crippen LogP contribution < -0.4 is 10.7 Å². The smallest absolute Gasteiger partial charge is 0.259 e. The molecule has 25 heavy (non-hydrogen) atoms. The molecule has 0 aliphatic carbocycles. The summed E-state index contributed by atoms with van der Waals surface area (Å²) in [6.45, 7) is 3.74. The van der Waals surface area contributed by atoms with Gasteiger partial charge in [-0.1, -0.05) is 31.2 Å². The van der Waals surface area contributed by atoms with Crippen LogP contribution in [0.3, 0.4) is 0 Å². The topological polar surface area (TPSA) is 83.7 Å². The fourth-order valence-electron chi connectivity index (χ4n) is 2.00. The monoisotopic (exact) mass is 339 g/mol. The highest BCUT2D eigenvalue weighted by molar-refractivity contribution is 5.99. The lowest BCUT2D eigenvalue weighted by molar-refractivity contribution is -0.123. The second kappa shape index (κ2) is 9.22. The molecule has 1 heterocycles. The van der Waals surface area contributed by atoms with Crippen molar-refractivity contribution in [2.45, 2.75) is 20.3 Å². The van der Waals surface area contributed by atoms with Crippen molar-refractivity contribution in [3.05, 3.63) is 65.6 Å². The molecular weight excluding hydrogens is 318 g/mol. The Morgan fingerprint density at radius 1 is 1.20 bits per heavy atom. The highest BCUT2D eigenvalue weighted by atomic mass is 16.3. The van der Waals surface area contributed by atoms with E-state index in [1.54, 1.807) is 12.1 Å². The summed E-state index contributed by atoms with van der Waals surface area (Å²) >= 11 is 0. The zero-order chi connectivity index (χ0) is 18.1. The van der Waals surface area contributed by atoms with Crippen molar-refractivity contribution in [2.75, 3.05) is 6.54 Å². The molecule has 0 saturated carbocycles. The molecule has 6 nitrogen and oxygen atoms in total. The Bertz CT molecular complexity index is 760. The van der Waals surface area contributed by atoms with Gasteiger partial charge in [-0.3, -0.25) is 9.59 Å². The van der Waals surface area contributed by atoms with Crippen LogP contribution in [0.5, 0.6) is 0 Å². The molecule has 0 radical (unpaired) electrons. The number of hydrogen-bond donors (Lipinski definition) is 2. The third kappa shape index (κ3) is 6.10. The molecule has 130 valence electrons. The quantitative estimate of drug-likeness (QED) is 0.462. The Balaban J connectivity index is 1.78. The lowest BCUT2D eigenvalue weighted by Crippen LogP contribution is -2.34. The molecule has 2 aromatic rings. The second-order valence-electron chi connectivity index (χ2n) is 5.35. The molecule has 6 heteroatoms. The maximum atomic E-state index is 11.7. The van der Waals surface area contributed by atoms with Gasteiger partial charge >= 0.3 is 0 Å². The van der Waals surface area contributed by atoms with Crippen LogP contribution in [-0.4, -0.2) is 24.1 Å². The number of nitrogens with zero attached hydrogens (tertiary/aromatic N) is 1. The van der Waals surface area contributed by atoms with Crippen LogP contribution >= 0.6 is 0 Å². The van der Waals surface area contributed by atoms with Crippen LogP contribution in [0.4, 0.5) is 0 Å². The molecule has 2 amide bonds. The van der Waals surface area contributed by atoms with Crippen molar-refractivity contribution in [1.29, 1.82) is 0 Å². The Morgan fingerprint density at radius 2 is 1.96 bits per heavy atom. The van der Waals surface area contributed by atoms with Gasteiger partial charge in [-0.05, 0) is 42.7 Å². The van der Waals surface area contributed by atoms with Gasteiger partial charge in [0.05, 0.1) is 18.5 Å². The third-order valence-electron chi connectivity index (χ3n) is 3.49. The minimum atomic E-state index is -0.399. The van der Waals surface area contributed by atoms with Gasteiger partial charge in [0.15, 0.2) is 0 Å². The normalized spacial score (nSPS) is 11.5. The second-order valence-corrected chi connectivity index (χ2v) is 5.35. The zero-order valence-electron chi connectivity index (χ0n) is 14.3. The summed E-state index contributed by atoms with van der Waals surface area (Å²) in [4.78, 5) is 23.3. The van der Waals surface area contributed by atoms with E-state index in [-0.39, 0.29) is 12.5 Å². The molecule has 2 N–H and O–H groups in total. The summed E-state index contributed by atoms with van der Waals surface area (Å²) in [5, 5.41) is 6.52. The van der Waals surface area contributed by atoms with Gasteiger partial charge < -0.3 is 9.73 Å². The Kier molecular flexibility index (Phi) is 6.71. The molecule has 0 fully saturated rings. The molecule has 0 bridgehead atoms. The minimum absolute atomic E-state index is 0.160. The van der Waals surface area contributed by atoms with Crippen LogP contribution in [0, 0.1) is 0 Å². The van der Waals surface area contributed by atoms with E-state index in [4.69, 9.17) is 4.42 Å². The van der Waals surface area contributed by atoms with Crippen LogP contribution in [0.2, 0.25) is 0 Å². The third-order valence-corrected chi connectivity index (χ3v) is 3.49. The largest absolute Gasteiger partial charge is 0.465 e. The van der Waals surface area contributed by atoms with Crippen molar-refractivity contribution >= 4 is 23.6 Å². The lowest BCUT2D eigenvalue weighted by atomic mass is 10.1. The maximum absolute atomic E-state index is 11.7. The van der Waals surface area contributed by atoms with Crippen LogP contribution in [-0.2, 0) is 16.0 Å².